The van der Waals surface area contributed by atoms with Crippen LogP contribution in [0, 0.1) is 6.92 Å². The van der Waals surface area contributed by atoms with Crippen LogP contribution < -0.4 is 11.1 Å². The number of carbonyl (C=O) groups excluding carboxylic acids is 1. The maximum atomic E-state index is 10.8. The topological polar surface area (TPSA) is 55.1 Å². The van der Waals surface area contributed by atoms with Crippen molar-refractivity contribution in [2.45, 2.75) is 19.4 Å². The van der Waals surface area contributed by atoms with E-state index < -0.39 is 6.03 Å². The zero-order chi connectivity index (χ0) is 11.3. The number of benzene rings is 1. The molecule has 0 saturated heterocycles. The SMILES string of the molecule is C=CCC(NC(N)=O)c1ccc(C)cc1. The van der Waals surface area contributed by atoms with Crippen LogP contribution >= 0.6 is 0 Å². The lowest BCUT2D eigenvalue weighted by atomic mass is 10.0. The molecule has 0 aromatic heterocycles. The van der Waals surface area contributed by atoms with Gasteiger partial charge in [0.1, 0.15) is 0 Å². The van der Waals surface area contributed by atoms with Crippen LogP contribution in [-0.4, -0.2) is 6.03 Å². The molecule has 0 spiro atoms. The summed E-state index contributed by atoms with van der Waals surface area (Å²) in [6.45, 7) is 5.68. The van der Waals surface area contributed by atoms with Crippen LogP contribution in [0.3, 0.4) is 0 Å². The summed E-state index contributed by atoms with van der Waals surface area (Å²) in [7, 11) is 0. The van der Waals surface area contributed by atoms with Crippen LogP contribution in [0.15, 0.2) is 36.9 Å². The van der Waals surface area contributed by atoms with Gasteiger partial charge in [-0.15, -0.1) is 6.58 Å². The third kappa shape index (κ3) is 3.46. The number of hydrogen-bond donors (Lipinski definition) is 2. The predicted molar refractivity (Wildman–Crippen MR) is 61.5 cm³/mol. The number of nitrogens with one attached hydrogen (secondary N) is 1. The van der Waals surface area contributed by atoms with Crippen LogP contribution in [0.5, 0.6) is 0 Å². The van der Waals surface area contributed by atoms with Gasteiger partial charge in [0.15, 0.2) is 0 Å². The van der Waals surface area contributed by atoms with Crippen LogP contribution in [0.25, 0.3) is 0 Å². The Bertz CT molecular complexity index is 343. The fraction of sp³-hybridized carbons (Fsp3) is 0.250. The van der Waals surface area contributed by atoms with E-state index in [4.69, 9.17) is 5.73 Å². The minimum absolute atomic E-state index is 0.0828. The summed E-state index contributed by atoms with van der Waals surface area (Å²) in [5, 5.41) is 2.68. The first-order valence-electron chi connectivity index (χ1n) is 4.87. The zero-order valence-corrected chi connectivity index (χ0v) is 8.86. The standard InChI is InChI=1S/C12H16N2O/c1-3-4-11(14-12(13)15)10-7-5-9(2)6-8-10/h3,5-8,11H,1,4H2,2H3,(H3,13,14,15). The number of primary amides is 1. The highest BCUT2D eigenvalue weighted by molar-refractivity contribution is 5.72. The summed E-state index contributed by atoms with van der Waals surface area (Å²) in [5.74, 6) is 0. The molecule has 0 heterocycles. The molecular formula is C12H16N2O. The van der Waals surface area contributed by atoms with Gasteiger partial charge >= 0.3 is 6.03 Å². The summed E-state index contributed by atoms with van der Waals surface area (Å²) in [6, 6.07) is 7.39. The molecule has 80 valence electrons. The Morgan fingerprint density at radius 1 is 1.53 bits per heavy atom. The highest BCUT2D eigenvalue weighted by atomic mass is 16.2. The van der Waals surface area contributed by atoms with E-state index in [1.807, 2.05) is 31.2 Å². The van der Waals surface area contributed by atoms with E-state index >= 15 is 0 Å². The molecule has 2 amide bonds. The van der Waals surface area contributed by atoms with Crippen molar-refractivity contribution in [2.24, 2.45) is 5.73 Å². The third-order valence-electron chi connectivity index (χ3n) is 2.20. The van der Waals surface area contributed by atoms with Crippen LogP contribution in [-0.2, 0) is 0 Å². The average Bonchev–Trinajstić information content (AvgIpc) is 2.17. The van der Waals surface area contributed by atoms with Gasteiger partial charge in [-0.05, 0) is 18.9 Å². The molecule has 1 aromatic carbocycles. The van der Waals surface area contributed by atoms with Gasteiger partial charge in [-0.2, -0.15) is 0 Å². The van der Waals surface area contributed by atoms with E-state index in [1.54, 1.807) is 6.08 Å². The summed E-state index contributed by atoms with van der Waals surface area (Å²) in [4.78, 5) is 10.8. The molecule has 1 atom stereocenters. The fourth-order valence-corrected chi connectivity index (χ4v) is 1.42. The Morgan fingerprint density at radius 3 is 2.60 bits per heavy atom. The maximum absolute atomic E-state index is 10.8. The van der Waals surface area contributed by atoms with Crippen molar-refractivity contribution in [3.8, 4) is 0 Å². The van der Waals surface area contributed by atoms with Gasteiger partial charge in [-0.1, -0.05) is 35.9 Å². The molecule has 1 rings (SSSR count). The van der Waals surface area contributed by atoms with Gasteiger partial charge in [0.25, 0.3) is 0 Å². The van der Waals surface area contributed by atoms with Crippen molar-refractivity contribution in [1.29, 1.82) is 0 Å². The lowest BCUT2D eigenvalue weighted by molar-refractivity contribution is 0.245. The lowest BCUT2D eigenvalue weighted by Crippen LogP contribution is -2.32. The van der Waals surface area contributed by atoms with Crippen molar-refractivity contribution < 1.29 is 4.79 Å². The molecule has 0 bridgehead atoms. The Hall–Kier alpha value is -1.77. The molecule has 0 aliphatic rings. The van der Waals surface area contributed by atoms with Crippen LogP contribution in [0.1, 0.15) is 23.6 Å². The van der Waals surface area contributed by atoms with E-state index in [2.05, 4.69) is 11.9 Å². The lowest BCUT2D eigenvalue weighted by Gasteiger charge is -2.16. The summed E-state index contributed by atoms with van der Waals surface area (Å²) in [5.41, 5.74) is 7.34. The quantitative estimate of drug-likeness (QED) is 0.726. The predicted octanol–water partition coefficient (Wildman–Crippen LogP) is 2.28. The minimum atomic E-state index is -0.512. The number of aryl methyl sites for hydroxylation is 1. The Balaban J connectivity index is 2.83. The second-order valence-corrected chi connectivity index (χ2v) is 3.50. The Morgan fingerprint density at radius 2 is 2.13 bits per heavy atom. The van der Waals surface area contributed by atoms with Crippen molar-refractivity contribution in [3.63, 3.8) is 0 Å². The van der Waals surface area contributed by atoms with Gasteiger partial charge < -0.3 is 11.1 Å². The summed E-state index contributed by atoms with van der Waals surface area (Å²) in [6.07, 6.45) is 2.44. The van der Waals surface area contributed by atoms with Crippen molar-refractivity contribution >= 4 is 6.03 Å². The molecule has 0 fully saturated rings. The maximum Gasteiger partial charge on any atom is 0.312 e. The molecule has 1 aromatic rings. The van der Waals surface area contributed by atoms with Gasteiger partial charge in [0.2, 0.25) is 0 Å². The number of urea groups is 1. The highest BCUT2D eigenvalue weighted by Crippen LogP contribution is 2.17. The van der Waals surface area contributed by atoms with E-state index in [1.165, 1.54) is 5.56 Å². The second-order valence-electron chi connectivity index (χ2n) is 3.50. The average molecular weight is 204 g/mol. The molecule has 0 radical (unpaired) electrons. The minimum Gasteiger partial charge on any atom is -0.352 e. The molecule has 0 aliphatic heterocycles. The third-order valence-corrected chi connectivity index (χ3v) is 2.20. The molecular weight excluding hydrogens is 188 g/mol. The van der Waals surface area contributed by atoms with Gasteiger partial charge in [-0.25, -0.2) is 4.79 Å². The van der Waals surface area contributed by atoms with Gasteiger partial charge in [0, 0.05) is 0 Å². The molecule has 0 saturated carbocycles. The Kier molecular flexibility index (Phi) is 3.92. The number of carbonyl (C=O) groups is 1. The van der Waals surface area contributed by atoms with Crippen molar-refractivity contribution in [3.05, 3.63) is 48.0 Å². The Labute approximate surface area is 90.0 Å². The number of nitrogens with two attached hydrogens (primary N) is 1. The van der Waals surface area contributed by atoms with E-state index in [0.717, 1.165) is 5.56 Å². The zero-order valence-electron chi connectivity index (χ0n) is 8.86. The van der Waals surface area contributed by atoms with Crippen molar-refractivity contribution in [2.75, 3.05) is 0 Å². The van der Waals surface area contributed by atoms with E-state index in [9.17, 15) is 4.79 Å². The van der Waals surface area contributed by atoms with Crippen LogP contribution in [0.4, 0.5) is 4.79 Å². The van der Waals surface area contributed by atoms with Gasteiger partial charge in [-0.3, -0.25) is 0 Å². The van der Waals surface area contributed by atoms with E-state index in [0.29, 0.717) is 6.42 Å². The number of amides is 2. The fourth-order valence-electron chi connectivity index (χ4n) is 1.42. The normalized spacial score (nSPS) is 11.8. The molecule has 3 nitrogen and oxygen atoms in total. The molecule has 15 heavy (non-hydrogen) atoms. The molecule has 1 unspecified atom stereocenters. The first-order chi connectivity index (χ1) is 7.13. The molecule has 3 heteroatoms. The monoisotopic (exact) mass is 204 g/mol. The first-order valence-corrected chi connectivity index (χ1v) is 4.87. The molecule has 3 N–H and O–H groups in total. The van der Waals surface area contributed by atoms with Gasteiger partial charge in [0.05, 0.1) is 6.04 Å². The summed E-state index contributed by atoms with van der Waals surface area (Å²) >= 11 is 0. The molecule has 0 aliphatic carbocycles. The largest absolute Gasteiger partial charge is 0.352 e. The first kappa shape index (κ1) is 11.3. The van der Waals surface area contributed by atoms with Crippen molar-refractivity contribution in [1.82, 2.24) is 5.32 Å². The number of hydrogen-bond acceptors (Lipinski definition) is 1. The van der Waals surface area contributed by atoms with E-state index in [-0.39, 0.29) is 6.04 Å². The second kappa shape index (κ2) is 5.20. The van der Waals surface area contributed by atoms with Crippen LogP contribution in [0.2, 0.25) is 0 Å². The summed E-state index contributed by atoms with van der Waals surface area (Å²) < 4.78 is 0. The highest BCUT2D eigenvalue weighted by Gasteiger charge is 2.10. The smallest absolute Gasteiger partial charge is 0.312 e. The number of rotatable bonds is 4.